The van der Waals surface area contributed by atoms with E-state index in [1.807, 2.05) is 24.3 Å². The Balaban J connectivity index is 2.36. The van der Waals surface area contributed by atoms with Gasteiger partial charge in [0.2, 0.25) is 5.12 Å². The van der Waals surface area contributed by atoms with Gasteiger partial charge in [0, 0.05) is 5.56 Å². The third-order valence-electron chi connectivity index (χ3n) is 2.59. The summed E-state index contributed by atoms with van der Waals surface area (Å²) in [7, 11) is 0. The van der Waals surface area contributed by atoms with Crippen molar-refractivity contribution in [2.24, 2.45) is 0 Å². The fourth-order valence-electron chi connectivity index (χ4n) is 1.75. The number of para-hydroxylation sites is 2. The van der Waals surface area contributed by atoms with Crippen molar-refractivity contribution in [1.82, 2.24) is 9.97 Å². The first kappa shape index (κ1) is 10.2. The van der Waals surface area contributed by atoms with E-state index in [-0.39, 0.29) is 5.12 Å². The van der Waals surface area contributed by atoms with Gasteiger partial charge in [-0.1, -0.05) is 12.1 Å². The van der Waals surface area contributed by atoms with E-state index in [1.165, 1.54) is 0 Å². The molecule has 3 rings (SSSR count). The topological polar surface area (TPSA) is 42.9 Å². The maximum absolute atomic E-state index is 11.2. The van der Waals surface area contributed by atoms with Crippen LogP contribution in [0, 0.1) is 0 Å². The van der Waals surface area contributed by atoms with Crippen LogP contribution in [0.15, 0.2) is 42.5 Å². The van der Waals surface area contributed by atoms with Crippen molar-refractivity contribution in [2.45, 2.75) is 0 Å². The van der Waals surface area contributed by atoms with E-state index >= 15 is 0 Å². The molecule has 0 amide bonds. The number of rotatable bonds is 1. The van der Waals surface area contributed by atoms with Crippen molar-refractivity contribution in [3.05, 3.63) is 48.0 Å². The van der Waals surface area contributed by atoms with Crippen molar-refractivity contribution in [2.75, 3.05) is 0 Å². The average molecular weight is 240 g/mol. The van der Waals surface area contributed by atoms with Crippen molar-refractivity contribution in [3.63, 3.8) is 0 Å². The summed E-state index contributed by atoms with van der Waals surface area (Å²) in [6.07, 6.45) is 0. The van der Waals surface area contributed by atoms with Gasteiger partial charge >= 0.3 is 0 Å². The molecule has 0 radical (unpaired) electrons. The first-order valence-corrected chi connectivity index (χ1v) is 5.58. The van der Waals surface area contributed by atoms with Crippen molar-refractivity contribution >= 4 is 39.8 Å². The molecule has 0 saturated carbocycles. The lowest BCUT2D eigenvalue weighted by Gasteiger charge is -2.01. The molecule has 0 saturated heterocycles. The third kappa shape index (κ3) is 1.76. The molecule has 0 aliphatic rings. The number of nitrogens with zero attached hydrogens (tertiary/aromatic N) is 2. The average Bonchev–Trinajstić information content (AvgIpc) is 2.35. The Hall–Kier alpha value is -1.94. The number of fused-ring (bicyclic) bond motifs is 2. The normalized spacial score (nSPS) is 10.9. The van der Waals surface area contributed by atoms with Crippen LogP contribution in [0.2, 0.25) is 0 Å². The van der Waals surface area contributed by atoms with Crippen LogP contribution in [-0.2, 0) is 0 Å². The van der Waals surface area contributed by atoms with Crippen molar-refractivity contribution in [1.29, 1.82) is 0 Å². The minimum Gasteiger partial charge on any atom is -0.282 e. The molecule has 0 bridgehead atoms. The van der Waals surface area contributed by atoms with E-state index in [0.717, 1.165) is 16.6 Å². The van der Waals surface area contributed by atoms with Crippen LogP contribution in [-0.4, -0.2) is 15.1 Å². The minimum atomic E-state index is -0.262. The molecule has 3 aromatic rings. The molecule has 82 valence electrons. The zero-order chi connectivity index (χ0) is 11.8. The molecular weight excluding hydrogens is 232 g/mol. The van der Waals surface area contributed by atoms with Gasteiger partial charge in [0.15, 0.2) is 0 Å². The lowest BCUT2D eigenvalue weighted by atomic mass is 10.2. The van der Waals surface area contributed by atoms with Gasteiger partial charge in [0.1, 0.15) is 0 Å². The lowest BCUT2D eigenvalue weighted by Crippen LogP contribution is -1.92. The summed E-state index contributed by atoms with van der Waals surface area (Å²) >= 11 is 3.80. The molecule has 2 aromatic carbocycles. The molecule has 4 heteroatoms. The molecule has 0 aliphatic heterocycles. The summed E-state index contributed by atoms with van der Waals surface area (Å²) in [6, 6.07) is 12.9. The van der Waals surface area contributed by atoms with Gasteiger partial charge in [-0.25, -0.2) is 9.97 Å². The minimum absolute atomic E-state index is 0.262. The van der Waals surface area contributed by atoms with Crippen LogP contribution in [0.3, 0.4) is 0 Å². The Morgan fingerprint density at radius 1 is 0.882 bits per heavy atom. The van der Waals surface area contributed by atoms with Crippen LogP contribution in [0.4, 0.5) is 0 Å². The molecule has 1 heterocycles. The highest BCUT2D eigenvalue weighted by atomic mass is 32.1. The van der Waals surface area contributed by atoms with Crippen molar-refractivity contribution in [3.8, 4) is 0 Å². The molecule has 0 N–H and O–H groups in total. The maximum Gasteiger partial charge on any atom is 0.216 e. The Labute approximate surface area is 103 Å². The monoisotopic (exact) mass is 240 g/mol. The zero-order valence-corrected chi connectivity index (χ0v) is 9.69. The van der Waals surface area contributed by atoms with E-state index in [4.69, 9.17) is 0 Å². The largest absolute Gasteiger partial charge is 0.282 e. The van der Waals surface area contributed by atoms with E-state index in [0.29, 0.717) is 11.1 Å². The van der Waals surface area contributed by atoms with Gasteiger partial charge in [-0.05, 0) is 30.3 Å². The molecule has 0 atom stereocenters. The second kappa shape index (κ2) is 3.82. The highest BCUT2D eigenvalue weighted by Gasteiger charge is 2.05. The number of carbonyl (C=O) groups is 1. The summed E-state index contributed by atoms with van der Waals surface area (Å²) < 4.78 is 0. The van der Waals surface area contributed by atoms with E-state index in [9.17, 15) is 4.79 Å². The Kier molecular flexibility index (Phi) is 2.30. The van der Waals surface area contributed by atoms with Gasteiger partial charge in [-0.2, -0.15) is 0 Å². The molecule has 0 unspecified atom stereocenters. The fraction of sp³-hybridized carbons (Fsp3) is 0. The summed E-state index contributed by atoms with van der Waals surface area (Å²) in [5.74, 6) is 0. The van der Waals surface area contributed by atoms with Crippen LogP contribution in [0.25, 0.3) is 22.1 Å². The lowest BCUT2D eigenvalue weighted by molar-refractivity contribution is 0.109. The zero-order valence-electron chi connectivity index (χ0n) is 8.79. The van der Waals surface area contributed by atoms with E-state index in [1.54, 1.807) is 18.2 Å². The number of hydrogen-bond acceptors (Lipinski definition) is 3. The molecule has 3 nitrogen and oxygen atoms in total. The molecule has 1 aromatic heterocycles. The molecule has 0 aliphatic carbocycles. The number of carbonyl (C=O) groups excluding carboxylic acids is 1. The number of hydrogen-bond donors (Lipinski definition) is 1. The number of aromatic nitrogens is 2. The molecule has 17 heavy (non-hydrogen) atoms. The maximum atomic E-state index is 11.2. The predicted molar refractivity (Wildman–Crippen MR) is 70.4 cm³/mol. The Bertz CT molecular complexity index is 740. The summed E-state index contributed by atoms with van der Waals surface area (Å²) in [6.45, 7) is 0. The van der Waals surface area contributed by atoms with Crippen LogP contribution in [0.5, 0.6) is 0 Å². The van der Waals surface area contributed by atoms with Gasteiger partial charge in [-0.15, -0.1) is 12.6 Å². The second-order valence-corrected chi connectivity index (χ2v) is 4.13. The third-order valence-corrected chi connectivity index (χ3v) is 2.84. The van der Waals surface area contributed by atoms with Crippen LogP contribution >= 0.6 is 12.6 Å². The van der Waals surface area contributed by atoms with Gasteiger partial charge in [0.05, 0.1) is 22.1 Å². The first-order chi connectivity index (χ1) is 8.24. The standard InChI is InChI=1S/C13H8N2OS/c16-13(17)8-5-6-11-12(7-8)15-10-4-2-1-3-9(10)14-11/h1-7H,(H,16,17). The highest BCUT2D eigenvalue weighted by molar-refractivity contribution is 7.97. The molecule has 0 fully saturated rings. The van der Waals surface area contributed by atoms with Crippen LogP contribution < -0.4 is 0 Å². The highest BCUT2D eigenvalue weighted by Crippen LogP contribution is 2.17. The number of benzene rings is 2. The van der Waals surface area contributed by atoms with E-state index < -0.39 is 0 Å². The van der Waals surface area contributed by atoms with E-state index in [2.05, 4.69) is 22.6 Å². The quantitative estimate of drug-likeness (QED) is 0.525. The summed E-state index contributed by atoms with van der Waals surface area (Å²) in [5.41, 5.74) is 3.70. The van der Waals surface area contributed by atoms with Crippen molar-refractivity contribution < 1.29 is 4.79 Å². The molecule has 0 spiro atoms. The smallest absolute Gasteiger partial charge is 0.216 e. The van der Waals surface area contributed by atoms with Gasteiger partial charge in [0.25, 0.3) is 0 Å². The Morgan fingerprint density at radius 2 is 1.47 bits per heavy atom. The van der Waals surface area contributed by atoms with Crippen LogP contribution in [0.1, 0.15) is 10.4 Å². The van der Waals surface area contributed by atoms with Gasteiger partial charge in [-0.3, -0.25) is 4.79 Å². The Morgan fingerprint density at radius 3 is 2.12 bits per heavy atom. The number of thiol groups is 1. The van der Waals surface area contributed by atoms with Gasteiger partial charge < -0.3 is 0 Å². The predicted octanol–water partition coefficient (Wildman–Crippen LogP) is 2.85. The summed E-state index contributed by atoms with van der Waals surface area (Å²) in [5, 5.41) is -0.262. The first-order valence-electron chi connectivity index (χ1n) is 5.14. The summed E-state index contributed by atoms with van der Waals surface area (Å²) in [4.78, 5) is 20.1. The SMILES string of the molecule is O=C(S)c1ccc2nc3ccccc3nc2c1. The molecular formula is C13H8N2OS. The fourth-order valence-corrected chi connectivity index (χ4v) is 1.89. The second-order valence-electron chi connectivity index (χ2n) is 3.72.